The molecule has 1 unspecified atom stereocenters. The second-order valence-corrected chi connectivity index (χ2v) is 6.78. The molecule has 0 fully saturated rings. The Hall–Kier alpha value is -1.18. The Morgan fingerprint density at radius 2 is 1.38 bits per heavy atom. The summed E-state index contributed by atoms with van der Waals surface area (Å²) < 4.78 is 4.86. The molecule has 0 radical (unpaired) electrons. The van der Waals surface area contributed by atoms with Gasteiger partial charge >= 0.3 is 35.5 Å². The van der Waals surface area contributed by atoms with E-state index in [1.165, 1.54) is 6.08 Å². The van der Waals surface area contributed by atoms with Crippen molar-refractivity contribution in [3.63, 3.8) is 0 Å². The van der Waals surface area contributed by atoms with Crippen molar-refractivity contribution in [3.05, 3.63) is 12.3 Å². The molecule has 0 aliphatic heterocycles. The van der Waals surface area contributed by atoms with E-state index in [0.717, 1.165) is 49.7 Å². The number of carboxylic acids is 1. The fraction of sp³-hybridized carbons (Fsp3) is 0.714. The standard InChI is InChI=1S/C21H35NO6.Na/c1-4-7-9-11-13-18(23)22(19(24)14-12-10-8-5-2)17(16-20(25)26)21(27)28-15-6-3;/h6,15,17H,4-5,7-14,16H2,1-3H3,(H,25,26);/q;+1/p-1/b15-6+;. The van der Waals surface area contributed by atoms with Gasteiger partial charge in [-0.25, -0.2) is 4.79 Å². The topological polar surface area (TPSA) is 104 Å². The van der Waals surface area contributed by atoms with E-state index in [1.807, 2.05) is 13.8 Å². The molecular formula is C21H34NNaO6. The van der Waals surface area contributed by atoms with E-state index in [2.05, 4.69) is 0 Å². The van der Waals surface area contributed by atoms with Crippen LogP contribution in [0.2, 0.25) is 0 Å². The number of hydrogen-bond donors (Lipinski definition) is 0. The summed E-state index contributed by atoms with van der Waals surface area (Å²) in [6, 6.07) is -1.52. The average molecular weight is 419 g/mol. The number of hydrogen-bond acceptors (Lipinski definition) is 6. The summed E-state index contributed by atoms with van der Waals surface area (Å²) in [5.74, 6) is -3.56. The minimum absolute atomic E-state index is 0. The number of nitrogens with zero attached hydrogens (tertiary/aromatic N) is 1. The van der Waals surface area contributed by atoms with Crippen molar-refractivity contribution >= 4 is 23.8 Å². The van der Waals surface area contributed by atoms with E-state index in [0.29, 0.717) is 12.8 Å². The molecule has 0 saturated heterocycles. The van der Waals surface area contributed by atoms with Gasteiger partial charge in [-0.1, -0.05) is 58.4 Å². The molecule has 0 N–H and O–H groups in total. The maximum absolute atomic E-state index is 12.7. The first kappa shape index (κ1) is 30.0. The van der Waals surface area contributed by atoms with Crippen molar-refractivity contribution in [2.45, 2.75) is 97.4 Å². The van der Waals surface area contributed by atoms with Gasteiger partial charge in [-0.05, 0) is 19.8 Å². The molecule has 8 heteroatoms. The van der Waals surface area contributed by atoms with Crippen LogP contribution in [-0.2, 0) is 23.9 Å². The Morgan fingerprint density at radius 1 is 0.897 bits per heavy atom. The molecule has 0 aliphatic rings. The average Bonchev–Trinajstić information content (AvgIpc) is 2.65. The van der Waals surface area contributed by atoms with Crippen LogP contribution < -0.4 is 34.7 Å². The van der Waals surface area contributed by atoms with Gasteiger partial charge in [0.1, 0.15) is 6.04 Å². The Bertz CT molecular complexity index is 511. The Balaban J connectivity index is 0. The number of amides is 2. The first-order valence-electron chi connectivity index (χ1n) is 10.2. The van der Waals surface area contributed by atoms with Crippen molar-refractivity contribution in [2.24, 2.45) is 0 Å². The van der Waals surface area contributed by atoms with Crippen LogP contribution in [-0.4, -0.2) is 34.7 Å². The van der Waals surface area contributed by atoms with Gasteiger partial charge in [-0.15, -0.1) is 0 Å². The summed E-state index contributed by atoms with van der Waals surface area (Å²) in [4.78, 5) is 49.7. The molecule has 0 rings (SSSR count). The third kappa shape index (κ3) is 13.6. The van der Waals surface area contributed by atoms with Gasteiger partial charge in [-0.3, -0.25) is 14.5 Å². The van der Waals surface area contributed by atoms with Gasteiger partial charge in [0.05, 0.1) is 6.26 Å². The number of ether oxygens (including phenoxy) is 1. The van der Waals surface area contributed by atoms with Crippen molar-refractivity contribution in [1.29, 1.82) is 0 Å². The van der Waals surface area contributed by atoms with Gasteiger partial charge in [0.15, 0.2) is 0 Å². The van der Waals surface area contributed by atoms with Crippen LogP contribution in [0.5, 0.6) is 0 Å². The van der Waals surface area contributed by atoms with E-state index in [4.69, 9.17) is 4.74 Å². The number of allylic oxidation sites excluding steroid dienone is 1. The normalized spacial score (nSPS) is 11.6. The fourth-order valence-corrected chi connectivity index (χ4v) is 2.79. The molecule has 2 amide bonds. The predicted octanol–water partition coefficient (Wildman–Crippen LogP) is -0.128. The second kappa shape index (κ2) is 18.8. The third-order valence-corrected chi connectivity index (χ3v) is 4.29. The van der Waals surface area contributed by atoms with E-state index in [9.17, 15) is 24.3 Å². The minimum atomic E-state index is -1.52. The SMILES string of the molecule is C/C=C/OC(=O)C(CC(=O)[O-])N(C(=O)CCCCCC)C(=O)CCCCCC.[Na+]. The molecule has 0 spiro atoms. The summed E-state index contributed by atoms with van der Waals surface area (Å²) in [5, 5.41) is 11.1. The molecule has 7 nitrogen and oxygen atoms in total. The largest absolute Gasteiger partial charge is 1.00 e. The summed E-state index contributed by atoms with van der Waals surface area (Å²) in [7, 11) is 0. The Morgan fingerprint density at radius 3 is 1.76 bits per heavy atom. The fourth-order valence-electron chi connectivity index (χ4n) is 2.79. The number of unbranched alkanes of at least 4 members (excludes halogenated alkanes) is 6. The quantitative estimate of drug-likeness (QED) is 0.159. The van der Waals surface area contributed by atoms with Crippen molar-refractivity contribution < 1.29 is 58.6 Å². The van der Waals surface area contributed by atoms with Gasteiger partial charge in [0, 0.05) is 25.2 Å². The zero-order valence-corrected chi connectivity index (χ0v) is 20.4. The molecule has 1 atom stereocenters. The van der Waals surface area contributed by atoms with E-state index in [-0.39, 0.29) is 42.4 Å². The van der Waals surface area contributed by atoms with Crippen LogP contribution >= 0.6 is 0 Å². The smallest absolute Gasteiger partial charge is 0.550 e. The first-order chi connectivity index (χ1) is 13.4. The molecule has 0 saturated carbocycles. The zero-order valence-electron chi connectivity index (χ0n) is 18.4. The molecule has 160 valence electrons. The number of carbonyl (C=O) groups is 4. The molecular weight excluding hydrogens is 385 g/mol. The Labute approximate surface area is 196 Å². The first-order valence-corrected chi connectivity index (χ1v) is 10.2. The summed E-state index contributed by atoms with van der Waals surface area (Å²) in [5.41, 5.74) is 0. The number of esters is 1. The predicted molar refractivity (Wildman–Crippen MR) is 104 cm³/mol. The number of carbonyl (C=O) groups excluding carboxylic acids is 4. The van der Waals surface area contributed by atoms with Gasteiger partial charge < -0.3 is 14.6 Å². The monoisotopic (exact) mass is 419 g/mol. The Kier molecular flexibility index (Phi) is 19.5. The molecule has 0 aromatic carbocycles. The van der Waals surface area contributed by atoms with E-state index < -0.39 is 36.2 Å². The maximum atomic E-state index is 12.7. The number of imide groups is 1. The number of aliphatic carboxylic acids is 1. The van der Waals surface area contributed by atoms with E-state index in [1.54, 1.807) is 6.92 Å². The van der Waals surface area contributed by atoms with Crippen molar-refractivity contribution in [3.8, 4) is 0 Å². The number of rotatable bonds is 15. The van der Waals surface area contributed by atoms with Crippen LogP contribution in [0.15, 0.2) is 12.3 Å². The van der Waals surface area contributed by atoms with Gasteiger partial charge in [0.25, 0.3) is 0 Å². The van der Waals surface area contributed by atoms with Crippen molar-refractivity contribution in [1.82, 2.24) is 4.90 Å². The summed E-state index contributed by atoms with van der Waals surface area (Å²) in [6.45, 7) is 5.71. The van der Waals surface area contributed by atoms with Crippen LogP contribution in [0.1, 0.15) is 91.4 Å². The molecule has 0 bridgehead atoms. The molecule has 29 heavy (non-hydrogen) atoms. The van der Waals surface area contributed by atoms with Crippen LogP contribution in [0.25, 0.3) is 0 Å². The van der Waals surface area contributed by atoms with Gasteiger partial charge in [0.2, 0.25) is 11.8 Å². The molecule has 0 aromatic heterocycles. The number of carboxylic acid groups (broad SMARTS) is 1. The minimum Gasteiger partial charge on any atom is -0.550 e. The molecule has 0 aliphatic carbocycles. The zero-order chi connectivity index (χ0) is 21.4. The van der Waals surface area contributed by atoms with Crippen LogP contribution in [0.3, 0.4) is 0 Å². The molecule has 0 heterocycles. The summed E-state index contributed by atoms with van der Waals surface area (Å²) in [6.07, 6.45) is 8.67. The second-order valence-electron chi connectivity index (χ2n) is 6.78. The van der Waals surface area contributed by atoms with Crippen LogP contribution in [0.4, 0.5) is 0 Å². The van der Waals surface area contributed by atoms with Crippen LogP contribution in [0, 0.1) is 0 Å². The molecule has 0 aromatic rings. The van der Waals surface area contributed by atoms with Gasteiger partial charge in [-0.2, -0.15) is 0 Å². The third-order valence-electron chi connectivity index (χ3n) is 4.29. The maximum Gasteiger partial charge on any atom is 1.00 e. The summed E-state index contributed by atoms with van der Waals surface area (Å²) >= 11 is 0. The van der Waals surface area contributed by atoms with E-state index >= 15 is 0 Å². The van der Waals surface area contributed by atoms with Crippen molar-refractivity contribution in [2.75, 3.05) is 0 Å².